The predicted molar refractivity (Wildman–Crippen MR) is 93.0 cm³/mol. The minimum atomic E-state index is 0.504. The van der Waals surface area contributed by atoms with Crippen LogP contribution in [0.25, 0.3) is 0 Å². The molecule has 1 aromatic carbocycles. The van der Waals surface area contributed by atoms with Gasteiger partial charge in [0.05, 0.1) is 0 Å². The van der Waals surface area contributed by atoms with Crippen LogP contribution < -0.4 is 10.2 Å². The van der Waals surface area contributed by atoms with E-state index >= 15 is 0 Å². The van der Waals surface area contributed by atoms with Gasteiger partial charge in [0.1, 0.15) is 0 Å². The molecule has 0 saturated heterocycles. The molecule has 1 unspecified atom stereocenters. The first-order chi connectivity index (χ1) is 10.3. The van der Waals surface area contributed by atoms with Crippen molar-refractivity contribution >= 4 is 5.69 Å². The van der Waals surface area contributed by atoms with Gasteiger partial charge in [0.2, 0.25) is 0 Å². The SMILES string of the molecule is CCCCN(c1ccc(C(CC)NCCC)cc1)C1CC1. The third-order valence-electron chi connectivity index (χ3n) is 4.42. The van der Waals surface area contributed by atoms with E-state index in [9.17, 15) is 0 Å². The fourth-order valence-electron chi connectivity index (χ4n) is 2.95. The van der Waals surface area contributed by atoms with Gasteiger partial charge in [-0.3, -0.25) is 0 Å². The molecule has 0 aliphatic heterocycles. The van der Waals surface area contributed by atoms with Crippen LogP contribution >= 0.6 is 0 Å². The monoisotopic (exact) mass is 288 g/mol. The van der Waals surface area contributed by atoms with Crippen LogP contribution in [-0.2, 0) is 0 Å². The van der Waals surface area contributed by atoms with E-state index in [1.54, 1.807) is 0 Å². The molecule has 1 saturated carbocycles. The first kappa shape index (κ1) is 16.4. The number of nitrogens with zero attached hydrogens (tertiary/aromatic N) is 1. The van der Waals surface area contributed by atoms with Gasteiger partial charge in [-0.05, 0) is 56.3 Å². The van der Waals surface area contributed by atoms with Crippen molar-refractivity contribution in [2.75, 3.05) is 18.0 Å². The fraction of sp³-hybridized carbons (Fsp3) is 0.684. The summed E-state index contributed by atoms with van der Waals surface area (Å²) in [6.07, 6.45) is 7.68. The second kappa shape index (κ2) is 8.43. The van der Waals surface area contributed by atoms with Crippen LogP contribution in [-0.4, -0.2) is 19.1 Å². The highest BCUT2D eigenvalue weighted by atomic mass is 15.2. The van der Waals surface area contributed by atoms with Gasteiger partial charge < -0.3 is 10.2 Å². The average Bonchev–Trinajstić information content (AvgIpc) is 3.34. The summed E-state index contributed by atoms with van der Waals surface area (Å²) in [6, 6.07) is 10.6. The van der Waals surface area contributed by atoms with Crippen molar-refractivity contribution in [1.82, 2.24) is 5.32 Å². The lowest BCUT2D eigenvalue weighted by Crippen LogP contribution is -2.27. The zero-order chi connectivity index (χ0) is 15.1. The second-order valence-corrected chi connectivity index (χ2v) is 6.28. The summed E-state index contributed by atoms with van der Waals surface area (Å²) in [5, 5.41) is 3.64. The summed E-state index contributed by atoms with van der Waals surface area (Å²) >= 11 is 0. The average molecular weight is 288 g/mol. The number of unbranched alkanes of at least 4 members (excludes halogenated alkanes) is 1. The Hall–Kier alpha value is -1.02. The van der Waals surface area contributed by atoms with Crippen molar-refractivity contribution in [2.45, 2.75) is 71.4 Å². The predicted octanol–water partition coefficient (Wildman–Crippen LogP) is 4.91. The van der Waals surface area contributed by atoms with E-state index in [0.717, 1.165) is 19.0 Å². The number of hydrogen-bond donors (Lipinski definition) is 1. The maximum absolute atomic E-state index is 3.64. The van der Waals surface area contributed by atoms with E-state index in [0.29, 0.717) is 6.04 Å². The second-order valence-electron chi connectivity index (χ2n) is 6.28. The standard InChI is InChI=1S/C19H32N2/c1-4-7-15-21(18-12-13-18)17-10-8-16(9-11-17)19(6-3)20-14-5-2/h8-11,18-20H,4-7,12-15H2,1-3H3. The molecular formula is C19H32N2. The third kappa shape index (κ3) is 4.74. The molecule has 1 atom stereocenters. The Kier molecular flexibility index (Phi) is 6.56. The first-order valence-electron chi connectivity index (χ1n) is 8.90. The molecule has 1 fully saturated rings. The van der Waals surface area contributed by atoms with Gasteiger partial charge in [0, 0.05) is 24.3 Å². The van der Waals surface area contributed by atoms with Crippen LogP contribution in [0.3, 0.4) is 0 Å². The normalized spacial score (nSPS) is 16.0. The Bertz CT molecular complexity index is 395. The summed E-state index contributed by atoms with van der Waals surface area (Å²) in [7, 11) is 0. The summed E-state index contributed by atoms with van der Waals surface area (Å²) in [6.45, 7) is 9.08. The Morgan fingerprint density at radius 3 is 2.33 bits per heavy atom. The molecule has 2 heteroatoms. The molecule has 0 heterocycles. The fourth-order valence-corrected chi connectivity index (χ4v) is 2.95. The lowest BCUT2D eigenvalue weighted by atomic mass is 10.0. The van der Waals surface area contributed by atoms with E-state index in [4.69, 9.17) is 0 Å². The topological polar surface area (TPSA) is 15.3 Å². The van der Waals surface area contributed by atoms with Gasteiger partial charge in [0.15, 0.2) is 0 Å². The van der Waals surface area contributed by atoms with Crippen molar-refractivity contribution in [2.24, 2.45) is 0 Å². The molecule has 0 amide bonds. The smallest absolute Gasteiger partial charge is 0.0368 e. The molecule has 1 aliphatic carbocycles. The molecule has 2 rings (SSSR count). The Morgan fingerprint density at radius 2 is 1.81 bits per heavy atom. The zero-order valence-electron chi connectivity index (χ0n) is 14.1. The summed E-state index contributed by atoms with van der Waals surface area (Å²) in [5.74, 6) is 0. The van der Waals surface area contributed by atoms with Crippen LogP contribution in [0.2, 0.25) is 0 Å². The van der Waals surface area contributed by atoms with Gasteiger partial charge >= 0.3 is 0 Å². The van der Waals surface area contributed by atoms with Crippen LogP contribution in [0.15, 0.2) is 24.3 Å². The molecule has 1 N–H and O–H groups in total. The summed E-state index contributed by atoms with van der Waals surface area (Å²) in [4.78, 5) is 2.62. The Morgan fingerprint density at radius 1 is 1.10 bits per heavy atom. The van der Waals surface area contributed by atoms with E-state index in [1.165, 1.54) is 49.9 Å². The third-order valence-corrected chi connectivity index (χ3v) is 4.42. The Balaban J connectivity index is 2.02. The quantitative estimate of drug-likeness (QED) is 0.658. The lowest BCUT2D eigenvalue weighted by molar-refractivity contribution is 0.518. The van der Waals surface area contributed by atoms with E-state index in [1.807, 2.05) is 0 Å². The first-order valence-corrected chi connectivity index (χ1v) is 8.90. The lowest BCUT2D eigenvalue weighted by Gasteiger charge is -2.25. The zero-order valence-corrected chi connectivity index (χ0v) is 14.1. The van der Waals surface area contributed by atoms with Crippen LogP contribution in [0.4, 0.5) is 5.69 Å². The number of hydrogen-bond acceptors (Lipinski definition) is 2. The van der Waals surface area contributed by atoms with Gasteiger partial charge in [-0.25, -0.2) is 0 Å². The van der Waals surface area contributed by atoms with E-state index in [2.05, 4.69) is 55.3 Å². The van der Waals surface area contributed by atoms with Crippen LogP contribution in [0.1, 0.15) is 70.9 Å². The maximum Gasteiger partial charge on any atom is 0.0368 e. The Labute approximate surface area is 130 Å². The van der Waals surface area contributed by atoms with Gasteiger partial charge in [-0.2, -0.15) is 0 Å². The summed E-state index contributed by atoms with van der Waals surface area (Å²) in [5.41, 5.74) is 2.85. The van der Waals surface area contributed by atoms with Crippen molar-refractivity contribution in [3.8, 4) is 0 Å². The number of nitrogens with one attached hydrogen (secondary N) is 1. The molecule has 1 aromatic rings. The molecule has 1 aliphatic rings. The summed E-state index contributed by atoms with van der Waals surface area (Å²) < 4.78 is 0. The van der Waals surface area contributed by atoms with Gasteiger partial charge in [0.25, 0.3) is 0 Å². The highest BCUT2D eigenvalue weighted by Gasteiger charge is 2.28. The molecule has 0 bridgehead atoms. The van der Waals surface area contributed by atoms with Crippen molar-refractivity contribution in [3.05, 3.63) is 29.8 Å². The van der Waals surface area contributed by atoms with Crippen molar-refractivity contribution in [3.63, 3.8) is 0 Å². The van der Waals surface area contributed by atoms with Crippen LogP contribution in [0, 0.1) is 0 Å². The minimum absolute atomic E-state index is 0.504. The van der Waals surface area contributed by atoms with Crippen molar-refractivity contribution < 1.29 is 0 Å². The largest absolute Gasteiger partial charge is 0.369 e. The molecular weight excluding hydrogens is 256 g/mol. The van der Waals surface area contributed by atoms with E-state index in [-0.39, 0.29) is 0 Å². The molecule has 2 nitrogen and oxygen atoms in total. The molecule has 0 aromatic heterocycles. The number of anilines is 1. The highest BCUT2D eigenvalue weighted by molar-refractivity contribution is 5.50. The van der Waals surface area contributed by atoms with Gasteiger partial charge in [-0.15, -0.1) is 0 Å². The molecule has 118 valence electrons. The minimum Gasteiger partial charge on any atom is -0.369 e. The van der Waals surface area contributed by atoms with Crippen molar-refractivity contribution in [1.29, 1.82) is 0 Å². The van der Waals surface area contributed by atoms with E-state index < -0.39 is 0 Å². The molecule has 0 spiro atoms. The number of benzene rings is 1. The highest BCUT2D eigenvalue weighted by Crippen LogP contribution is 2.32. The van der Waals surface area contributed by atoms with Crippen LogP contribution in [0.5, 0.6) is 0 Å². The molecule has 0 radical (unpaired) electrons. The van der Waals surface area contributed by atoms with Gasteiger partial charge in [-0.1, -0.05) is 39.3 Å². The maximum atomic E-state index is 3.64. The number of rotatable bonds is 10. The molecule has 21 heavy (non-hydrogen) atoms.